The lowest BCUT2D eigenvalue weighted by Crippen LogP contribution is -2.47. The zero-order valence-electron chi connectivity index (χ0n) is 15.1. The first kappa shape index (κ1) is 18.1. The van der Waals surface area contributed by atoms with Crippen molar-refractivity contribution >= 4 is 5.91 Å². The molecular weight excluding hydrogens is 308 g/mol. The minimum absolute atomic E-state index is 0.119. The number of amides is 1. The van der Waals surface area contributed by atoms with E-state index in [0.29, 0.717) is 18.6 Å². The Labute approximate surface area is 145 Å². The molecular formula is C18H32N2O4. The summed E-state index contributed by atoms with van der Waals surface area (Å²) >= 11 is 0. The normalized spacial score (nSPS) is 33.6. The van der Waals surface area contributed by atoms with Crippen LogP contribution in [0.5, 0.6) is 0 Å². The van der Waals surface area contributed by atoms with Gasteiger partial charge in [-0.1, -0.05) is 6.92 Å². The summed E-state index contributed by atoms with van der Waals surface area (Å²) in [7, 11) is 0. The zero-order valence-corrected chi connectivity index (χ0v) is 15.1. The van der Waals surface area contributed by atoms with Crippen molar-refractivity contribution in [1.82, 2.24) is 9.80 Å². The Hall–Kier alpha value is -0.690. The van der Waals surface area contributed by atoms with E-state index in [1.807, 2.05) is 11.8 Å². The van der Waals surface area contributed by atoms with Gasteiger partial charge in [-0.05, 0) is 32.1 Å². The summed E-state index contributed by atoms with van der Waals surface area (Å²) < 4.78 is 16.9. The molecule has 0 spiro atoms. The highest BCUT2D eigenvalue weighted by Gasteiger charge is 2.38. The first-order valence-electron chi connectivity index (χ1n) is 9.49. The van der Waals surface area contributed by atoms with Gasteiger partial charge in [-0.15, -0.1) is 0 Å². The Bertz CT molecular complexity index is 408. The standard InChI is InChI=1S/C18H32N2O4/c1-14-11-20(12-17(14)19-6-9-22-10-7-19)18(21)15(2)24-13-16-5-3-4-8-23-16/h14-17H,3-13H2,1-2H3. The molecule has 0 bridgehead atoms. The zero-order chi connectivity index (χ0) is 16.9. The molecule has 0 N–H and O–H groups in total. The quantitative estimate of drug-likeness (QED) is 0.751. The van der Waals surface area contributed by atoms with Crippen molar-refractivity contribution < 1.29 is 19.0 Å². The van der Waals surface area contributed by atoms with Crippen LogP contribution in [0.25, 0.3) is 0 Å². The molecule has 3 heterocycles. The van der Waals surface area contributed by atoms with E-state index in [9.17, 15) is 4.79 Å². The SMILES string of the molecule is CC(OCC1CCCCO1)C(=O)N1CC(C)C(N2CCOCC2)C1. The first-order chi connectivity index (χ1) is 11.6. The van der Waals surface area contributed by atoms with Gasteiger partial charge in [-0.3, -0.25) is 9.69 Å². The number of hydrogen-bond donors (Lipinski definition) is 0. The van der Waals surface area contributed by atoms with Crippen LogP contribution in [-0.4, -0.2) is 86.6 Å². The van der Waals surface area contributed by atoms with E-state index in [1.54, 1.807) is 0 Å². The summed E-state index contributed by atoms with van der Waals surface area (Å²) in [6.07, 6.45) is 3.15. The number of rotatable bonds is 5. The van der Waals surface area contributed by atoms with E-state index in [2.05, 4.69) is 11.8 Å². The fourth-order valence-corrected chi connectivity index (χ4v) is 4.03. The molecule has 0 aromatic carbocycles. The van der Waals surface area contributed by atoms with Gasteiger partial charge in [0, 0.05) is 38.8 Å². The summed E-state index contributed by atoms with van der Waals surface area (Å²) in [6.45, 7) is 10.7. The molecule has 138 valence electrons. The van der Waals surface area contributed by atoms with E-state index in [0.717, 1.165) is 58.8 Å². The minimum atomic E-state index is -0.383. The Morgan fingerprint density at radius 3 is 2.71 bits per heavy atom. The van der Waals surface area contributed by atoms with Crippen molar-refractivity contribution in [3.8, 4) is 0 Å². The van der Waals surface area contributed by atoms with E-state index in [4.69, 9.17) is 14.2 Å². The summed E-state index contributed by atoms with van der Waals surface area (Å²) in [5.74, 6) is 0.620. The van der Waals surface area contributed by atoms with Gasteiger partial charge in [0.2, 0.25) is 0 Å². The largest absolute Gasteiger partial charge is 0.379 e. The molecule has 3 saturated heterocycles. The monoisotopic (exact) mass is 340 g/mol. The molecule has 0 aliphatic carbocycles. The first-order valence-corrected chi connectivity index (χ1v) is 9.49. The summed E-state index contributed by atoms with van der Waals surface area (Å²) in [4.78, 5) is 17.2. The lowest BCUT2D eigenvalue weighted by Gasteiger charge is -2.34. The molecule has 4 atom stereocenters. The molecule has 24 heavy (non-hydrogen) atoms. The number of nitrogens with zero attached hydrogens (tertiary/aromatic N) is 2. The predicted octanol–water partition coefficient (Wildman–Crippen LogP) is 1.14. The van der Waals surface area contributed by atoms with Crippen LogP contribution in [0.3, 0.4) is 0 Å². The average molecular weight is 340 g/mol. The Balaban J connectivity index is 1.45. The van der Waals surface area contributed by atoms with Crippen LogP contribution in [0.4, 0.5) is 0 Å². The van der Waals surface area contributed by atoms with E-state index in [-0.39, 0.29) is 18.1 Å². The van der Waals surface area contributed by atoms with Crippen molar-refractivity contribution in [3.63, 3.8) is 0 Å². The number of hydrogen-bond acceptors (Lipinski definition) is 5. The Morgan fingerprint density at radius 2 is 2.00 bits per heavy atom. The smallest absolute Gasteiger partial charge is 0.251 e. The fourth-order valence-electron chi connectivity index (χ4n) is 4.03. The van der Waals surface area contributed by atoms with Gasteiger partial charge < -0.3 is 19.1 Å². The van der Waals surface area contributed by atoms with Crippen molar-refractivity contribution in [2.24, 2.45) is 5.92 Å². The van der Waals surface area contributed by atoms with Crippen LogP contribution in [0.15, 0.2) is 0 Å². The van der Waals surface area contributed by atoms with Crippen LogP contribution in [0.2, 0.25) is 0 Å². The molecule has 4 unspecified atom stereocenters. The molecule has 0 saturated carbocycles. The van der Waals surface area contributed by atoms with Crippen molar-refractivity contribution in [1.29, 1.82) is 0 Å². The molecule has 3 fully saturated rings. The topological polar surface area (TPSA) is 51.2 Å². The van der Waals surface area contributed by atoms with E-state index >= 15 is 0 Å². The highest BCUT2D eigenvalue weighted by atomic mass is 16.5. The maximum Gasteiger partial charge on any atom is 0.251 e. The highest BCUT2D eigenvalue weighted by Crippen LogP contribution is 2.24. The molecule has 1 amide bonds. The second-order valence-corrected chi connectivity index (χ2v) is 7.40. The Morgan fingerprint density at radius 1 is 1.21 bits per heavy atom. The lowest BCUT2D eigenvalue weighted by atomic mass is 10.0. The average Bonchev–Trinajstić information content (AvgIpc) is 3.02. The fraction of sp³-hybridized carbons (Fsp3) is 0.944. The van der Waals surface area contributed by atoms with Gasteiger partial charge in [0.05, 0.1) is 25.9 Å². The summed E-state index contributed by atoms with van der Waals surface area (Å²) in [6, 6.07) is 0.451. The molecule has 3 aliphatic rings. The van der Waals surface area contributed by atoms with Gasteiger partial charge in [-0.2, -0.15) is 0 Å². The molecule has 0 aromatic heterocycles. The third-order valence-corrected chi connectivity index (χ3v) is 5.55. The van der Waals surface area contributed by atoms with Crippen molar-refractivity contribution in [2.45, 2.75) is 51.4 Å². The number of carbonyl (C=O) groups excluding carboxylic acids is 1. The summed E-state index contributed by atoms with van der Waals surface area (Å²) in [5, 5.41) is 0. The van der Waals surface area contributed by atoms with E-state index < -0.39 is 0 Å². The van der Waals surface area contributed by atoms with Gasteiger partial charge in [0.15, 0.2) is 0 Å². The third-order valence-electron chi connectivity index (χ3n) is 5.55. The van der Waals surface area contributed by atoms with Gasteiger partial charge in [-0.25, -0.2) is 0 Å². The molecule has 3 aliphatic heterocycles. The minimum Gasteiger partial charge on any atom is -0.379 e. The molecule has 0 aromatic rings. The molecule has 6 nitrogen and oxygen atoms in total. The van der Waals surface area contributed by atoms with Crippen LogP contribution < -0.4 is 0 Å². The van der Waals surface area contributed by atoms with Gasteiger partial charge >= 0.3 is 0 Å². The third kappa shape index (κ3) is 4.48. The molecule has 0 radical (unpaired) electrons. The second kappa shape index (κ2) is 8.61. The van der Waals surface area contributed by atoms with Crippen molar-refractivity contribution in [3.05, 3.63) is 0 Å². The van der Waals surface area contributed by atoms with Crippen molar-refractivity contribution in [2.75, 3.05) is 52.6 Å². The second-order valence-electron chi connectivity index (χ2n) is 7.40. The molecule has 3 rings (SSSR count). The number of ether oxygens (including phenoxy) is 3. The maximum atomic E-state index is 12.7. The van der Waals surface area contributed by atoms with Crippen LogP contribution in [0, 0.1) is 5.92 Å². The Kier molecular flexibility index (Phi) is 6.49. The lowest BCUT2D eigenvalue weighted by molar-refractivity contribution is -0.145. The van der Waals surface area contributed by atoms with Gasteiger partial charge in [0.1, 0.15) is 6.10 Å². The summed E-state index contributed by atoms with van der Waals surface area (Å²) in [5.41, 5.74) is 0. The van der Waals surface area contributed by atoms with Crippen LogP contribution in [-0.2, 0) is 19.0 Å². The predicted molar refractivity (Wildman–Crippen MR) is 90.9 cm³/mol. The number of carbonyl (C=O) groups is 1. The highest BCUT2D eigenvalue weighted by molar-refractivity contribution is 5.80. The van der Waals surface area contributed by atoms with E-state index in [1.165, 1.54) is 6.42 Å². The molecule has 6 heteroatoms. The number of morpholine rings is 1. The maximum absolute atomic E-state index is 12.7. The van der Waals surface area contributed by atoms with Crippen LogP contribution >= 0.6 is 0 Å². The van der Waals surface area contributed by atoms with Crippen LogP contribution in [0.1, 0.15) is 33.1 Å². The number of likely N-dealkylation sites (tertiary alicyclic amines) is 1. The van der Waals surface area contributed by atoms with Gasteiger partial charge in [0.25, 0.3) is 5.91 Å².